The smallest absolute Gasteiger partial charge is 0.272 e. The fourth-order valence-corrected chi connectivity index (χ4v) is 2.29. The summed E-state index contributed by atoms with van der Waals surface area (Å²) in [6, 6.07) is 11.0. The predicted molar refractivity (Wildman–Crippen MR) is 80.1 cm³/mol. The van der Waals surface area contributed by atoms with Crippen molar-refractivity contribution in [1.29, 1.82) is 0 Å². The summed E-state index contributed by atoms with van der Waals surface area (Å²) < 4.78 is 0. The molecule has 102 valence electrons. The normalized spacial score (nSPS) is 11.0. The topological polar surface area (TPSA) is 86.5 Å². The van der Waals surface area contributed by atoms with Crippen LogP contribution in [-0.2, 0) is 0 Å². The highest BCUT2D eigenvalue weighted by Crippen LogP contribution is 2.17. The van der Waals surface area contributed by atoms with Gasteiger partial charge in [-0.3, -0.25) is 9.78 Å². The summed E-state index contributed by atoms with van der Waals surface area (Å²) in [6.45, 7) is 0. The molecule has 3 N–H and O–H groups in total. The number of H-pyrrole nitrogens is 2. The Morgan fingerprint density at radius 1 is 1.05 bits per heavy atom. The maximum Gasteiger partial charge on any atom is 0.272 e. The average Bonchev–Trinajstić information content (AvgIpc) is 3.13. The van der Waals surface area contributed by atoms with Crippen LogP contribution >= 0.6 is 0 Å². The molecule has 4 rings (SSSR count). The Kier molecular flexibility index (Phi) is 2.47. The lowest BCUT2D eigenvalue weighted by Crippen LogP contribution is -2.12. The summed E-state index contributed by atoms with van der Waals surface area (Å²) in [5, 5.41) is 2.86. The number of benzene rings is 1. The standard InChI is InChI=1S/C15H11N5O/c21-15(14-7-13-11(20-14)2-1-5-16-13)19-9-3-4-10-12(6-9)18-8-17-10/h1-8,20H,(H,17,18)(H,19,21). The molecule has 1 aromatic carbocycles. The Labute approximate surface area is 119 Å². The van der Waals surface area contributed by atoms with Crippen molar-refractivity contribution in [1.82, 2.24) is 19.9 Å². The zero-order chi connectivity index (χ0) is 14.2. The van der Waals surface area contributed by atoms with Gasteiger partial charge in [0.1, 0.15) is 5.69 Å². The number of carbonyl (C=O) groups excluding carboxylic acids is 1. The van der Waals surface area contributed by atoms with Crippen LogP contribution in [0.25, 0.3) is 22.1 Å². The van der Waals surface area contributed by atoms with Crippen LogP contribution in [-0.4, -0.2) is 25.8 Å². The van der Waals surface area contributed by atoms with Crippen molar-refractivity contribution in [3.8, 4) is 0 Å². The Balaban J connectivity index is 1.64. The van der Waals surface area contributed by atoms with E-state index in [4.69, 9.17) is 0 Å². The second-order valence-corrected chi connectivity index (χ2v) is 4.71. The summed E-state index contributed by atoms with van der Waals surface area (Å²) in [5.74, 6) is -0.202. The van der Waals surface area contributed by atoms with Crippen LogP contribution in [0.2, 0.25) is 0 Å². The quantitative estimate of drug-likeness (QED) is 0.526. The van der Waals surface area contributed by atoms with Gasteiger partial charge in [-0.25, -0.2) is 4.98 Å². The molecule has 0 aliphatic rings. The van der Waals surface area contributed by atoms with Gasteiger partial charge in [-0.1, -0.05) is 0 Å². The van der Waals surface area contributed by atoms with Crippen LogP contribution < -0.4 is 5.32 Å². The van der Waals surface area contributed by atoms with E-state index in [1.807, 2.05) is 30.3 Å². The van der Waals surface area contributed by atoms with Crippen molar-refractivity contribution in [2.75, 3.05) is 5.32 Å². The number of amides is 1. The van der Waals surface area contributed by atoms with Crippen molar-refractivity contribution in [2.45, 2.75) is 0 Å². The number of aromatic amines is 2. The Morgan fingerprint density at radius 2 is 2.00 bits per heavy atom. The molecule has 0 aliphatic carbocycles. The summed E-state index contributed by atoms with van der Waals surface area (Å²) >= 11 is 0. The van der Waals surface area contributed by atoms with E-state index < -0.39 is 0 Å². The second-order valence-electron chi connectivity index (χ2n) is 4.71. The van der Waals surface area contributed by atoms with Gasteiger partial charge in [0.15, 0.2) is 0 Å². The Hall–Kier alpha value is -3.15. The molecule has 1 amide bonds. The number of carbonyl (C=O) groups is 1. The van der Waals surface area contributed by atoms with E-state index in [1.165, 1.54) is 0 Å². The molecule has 3 aromatic heterocycles. The second kappa shape index (κ2) is 4.45. The lowest BCUT2D eigenvalue weighted by Gasteiger charge is -2.03. The van der Waals surface area contributed by atoms with E-state index in [2.05, 4.69) is 25.3 Å². The van der Waals surface area contributed by atoms with E-state index in [1.54, 1.807) is 18.6 Å². The molecule has 0 spiro atoms. The number of imidazole rings is 1. The molecule has 21 heavy (non-hydrogen) atoms. The van der Waals surface area contributed by atoms with Gasteiger partial charge in [-0.05, 0) is 36.4 Å². The first-order valence-corrected chi connectivity index (χ1v) is 6.48. The highest BCUT2D eigenvalue weighted by Gasteiger charge is 2.10. The third kappa shape index (κ3) is 2.02. The number of rotatable bonds is 2. The van der Waals surface area contributed by atoms with Crippen LogP contribution in [0.1, 0.15) is 10.5 Å². The maximum atomic E-state index is 12.3. The van der Waals surface area contributed by atoms with Crippen molar-refractivity contribution >= 4 is 33.7 Å². The number of hydrogen-bond acceptors (Lipinski definition) is 3. The summed E-state index contributed by atoms with van der Waals surface area (Å²) in [4.78, 5) is 26.7. The highest BCUT2D eigenvalue weighted by atomic mass is 16.1. The number of hydrogen-bond donors (Lipinski definition) is 3. The van der Waals surface area contributed by atoms with Crippen LogP contribution in [0.15, 0.2) is 48.9 Å². The fourth-order valence-electron chi connectivity index (χ4n) is 2.29. The van der Waals surface area contributed by atoms with Crippen LogP contribution in [0, 0.1) is 0 Å². The van der Waals surface area contributed by atoms with Gasteiger partial charge in [0.25, 0.3) is 5.91 Å². The monoisotopic (exact) mass is 277 g/mol. The Morgan fingerprint density at radius 3 is 2.90 bits per heavy atom. The van der Waals surface area contributed by atoms with Gasteiger partial charge in [-0.2, -0.15) is 0 Å². The van der Waals surface area contributed by atoms with Crippen molar-refractivity contribution in [3.63, 3.8) is 0 Å². The molecule has 6 heteroatoms. The van der Waals surface area contributed by atoms with E-state index in [0.717, 1.165) is 22.1 Å². The SMILES string of the molecule is O=C(Nc1ccc2nc[nH]c2c1)c1cc2ncccc2[nH]1. The molecule has 0 bridgehead atoms. The first-order valence-electron chi connectivity index (χ1n) is 6.48. The minimum absolute atomic E-state index is 0.202. The predicted octanol–water partition coefficient (Wildman–Crippen LogP) is 2.69. The number of fused-ring (bicyclic) bond motifs is 2. The van der Waals surface area contributed by atoms with Gasteiger partial charge in [-0.15, -0.1) is 0 Å². The first-order chi connectivity index (χ1) is 10.3. The summed E-state index contributed by atoms with van der Waals surface area (Å²) in [5.41, 5.74) is 4.55. The van der Waals surface area contributed by atoms with Gasteiger partial charge < -0.3 is 15.3 Å². The van der Waals surface area contributed by atoms with E-state index in [9.17, 15) is 4.79 Å². The molecule has 0 radical (unpaired) electrons. The summed E-state index contributed by atoms with van der Waals surface area (Å²) in [6.07, 6.45) is 3.32. The zero-order valence-corrected chi connectivity index (χ0v) is 10.9. The summed E-state index contributed by atoms with van der Waals surface area (Å²) in [7, 11) is 0. The van der Waals surface area contributed by atoms with Crippen molar-refractivity contribution in [2.24, 2.45) is 0 Å². The molecule has 0 saturated carbocycles. The third-order valence-corrected chi connectivity index (χ3v) is 3.31. The van der Waals surface area contributed by atoms with Crippen molar-refractivity contribution in [3.05, 3.63) is 54.6 Å². The van der Waals surface area contributed by atoms with Gasteiger partial charge in [0.2, 0.25) is 0 Å². The lowest BCUT2D eigenvalue weighted by atomic mass is 10.2. The van der Waals surface area contributed by atoms with Crippen LogP contribution in [0.4, 0.5) is 5.69 Å². The zero-order valence-electron chi connectivity index (χ0n) is 10.9. The lowest BCUT2D eigenvalue weighted by molar-refractivity contribution is 0.102. The Bertz CT molecular complexity index is 920. The highest BCUT2D eigenvalue weighted by molar-refractivity contribution is 6.06. The molecule has 0 aliphatic heterocycles. The molecular weight excluding hydrogens is 266 g/mol. The van der Waals surface area contributed by atoms with Gasteiger partial charge >= 0.3 is 0 Å². The molecule has 0 atom stereocenters. The van der Waals surface area contributed by atoms with Crippen LogP contribution in [0.5, 0.6) is 0 Å². The molecule has 6 nitrogen and oxygen atoms in total. The fraction of sp³-hybridized carbons (Fsp3) is 0. The number of nitrogens with zero attached hydrogens (tertiary/aromatic N) is 2. The minimum atomic E-state index is -0.202. The van der Waals surface area contributed by atoms with Gasteiger partial charge in [0.05, 0.1) is 28.4 Å². The molecule has 4 aromatic rings. The van der Waals surface area contributed by atoms with E-state index >= 15 is 0 Å². The largest absolute Gasteiger partial charge is 0.349 e. The molecule has 0 saturated heterocycles. The number of pyridine rings is 1. The number of aromatic nitrogens is 4. The van der Waals surface area contributed by atoms with E-state index in [0.29, 0.717) is 11.4 Å². The third-order valence-electron chi connectivity index (χ3n) is 3.31. The molecule has 3 heterocycles. The molecule has 0 fully saturated rings. The van der Waals surface area contributed by atoms with Gasteiger partial charge in [0, 0.05) is 11.9 Å². The molecule has 0 unspecified atom stereocenters. The van der Waals surface area contributed by atoms with Crippen molar-refractivity contribution < 1.29 is 4.79 Å². The van der Waals surface area contributed by atoms with Crippen LogP contribution in [0.3, 0.4) is 0 Å². The number of nitrogens with one attached hydrogen (secondary N) is 3. The molecular formula is C15H11N5O. The van der Waals surface area contributed by atoms with E-state index in [-0.39, 0.29) is 5.91 Å². The average molecular weight is 277 g/mol. The first kappa shape index (κ1) is 11.7. The maximum absolute atomic E-state index is 12.3. The minimum Gasteiger partial charge on any atom is -0.349 e. The number of anilines is 1.